The van der Waals surface area contributed by atoms with E-state index in [2.05, 4.69) is 10.3 Å². The van der Waals surface area contributed by atoms with Crippen molar-refractivity contribution in [2.45, 2.75) is 25.3 Å². The third kappa shape index (κ3) is 5.02. The number of hydrogen-bond acceptors (Lipinski definition) is 4. The lowest BCUT2D eigenvalue weighted by Crippen LogP contribution is -2.28. The smallest absolute Gasteiger partial charge is 0.220 e. The lowest BCUT2D eigenvalue weighted by atomic mass is 10.0. The molecule has 0 bridgehead atoms. The van der Waals surface area contributed by atoms with Crippen molar-refractivity contribution in [2.24, 2.45) is 0 Å². The predicted octanol–water partition coefficient (Wildman–Crippen LogP) is 5.77. The van der Waals surface area contributed by atoms with E-state index in [0.29, 0.717) is 25.2 Å². The fraction of sp³-hybridized carbons (Fsp3) is 0.167. The van der Waals surface area contributed by atoms with Gasteiger partial charge in [0.1, 0.15) is 5.82 Å². The maximum absolute atomic E-state index is 13.3. The second kappa shape index (κ2) is 9.50. The first-order valence-electron chi connectivity index (χ1n) is 9.77. The molecule has 1 unspecified atom stereocenters. The molecule has 2 heterocycles. The van der Waals surface area contributed by atoms with E-state index >= 15 is 0 Å². The molecule has 0 aliphatic carbocycles. The third-order valence-corrected chi connectivity index (χ3v) is 5.68. The van der Waals surface area contributed by atoms with Crippen LogP contribution in [0.2, 0.25) is 0 Å². The van der Waals surface area contributed by atoms with Crippen LogP contribution in [0.4, 0.5) is 4.39 Å². The van der Waals surface area contributed by atoms with Crippen molar-refractivity contribution >= 4 is 17.2 Å². The summed E-state index contributed by atoms with van der Waals surface area (Å²) >= 11 is 1.56. The highest BCUT2D eigenvalue weighted by Crippen LogP contribution is 2.26. The van der Waals surface area contributed by atoms with E-state index in [1.807, 2.05) is 47.8 Å². The molecular formula is C24H21FN2O2S. The van der Waals surface area contributed by atoms with Crippen LogP contribution >= 0.6 is 11.3 Å². The first-order valence-corrected chi connectivity index (χ1v) is 10.7. The second-order valence-electron chi connectivity index (χ2n) is 6.91. The number of nitrogens with one attached hydrogen (secondary N) is 1. The van der Waals surface area contributed by atoms with Crippen molar-refractivity contribution in [3.05, 3.63) is 100 Å². The van der Waals surface area contributed by atoms with Crippen molar-refractivity contribution in [3.63, 3.8) is 0 Å². The Balaban J connectivity index is 1.34. The highest BCUT2D eigenvalue weighted by atomic mass is 32.1. The highest BCUT2D eigenvalue weighted by molar-refractivity contribution is 7.10. The fourth-order valence-corrected chi connectivity index (χ4v) is 4.03. The molecule has 30 heavy (non-hydrogen) atoms. The molecule has 0 fully saturated rings. The minimum atomic E-state index is -0.296. The number of amides is 1. The molecule has 2 aromatic heterocycles. The average Bonchev–Trinajstić information content (AvgIpc) is 3.46. The van der Waals surface area contributed by atoms with Crippen molar-refractivity contribution in [2.75, 3.05) is 0 Å². The summed E-state index contributed by atoms with van der Waals surface area (Å²) in [5.74, 6) is 0.988. The van der Waals surface area contributed by atoms with Gasteiger partial charge in [-0.05, 0) is 35.6 Å². The van der Waals surface area contributed by atoms with Gasteiger partial charge >= 0.3 is 0 Å². The number of carbonyl (C=O) groups is 1. The standard InChI is InChI=1S/C24H21FN2O2S/c25-19-13-11-18(12-14-19)24(21-8-5-15-30-21)27-22(28)9-4-10-23-26-16-20(29-23)17-6-2-1-3-7-17/h1-3,5-8,11-16,24H,4,9-10H2,(H,27,28). The first kappa shape index (κ1) is 20.0. The van der Waals surface area contributed by atoms with Crippen molar-refractivity contribution in [3.8, 4) is 11.3 Å². The van der Waals surface area contributed by atoms with Crippen LogP contribution in [-0.2, 0) is 11.2 Å². The molecule has 2 aromatic carbocycles. The van der Waals surface area contributed by atoms with Crippen LogP contribution in [-0.4, -0.2) is 10.9 Å². The molecule has 4 aromatic rings. The zero-order chi connectivity index (χ0) is 20.8. The fourth-order valence-electron chi connectivity index (χ4n) is 3.22. The maximum Gasteiger partial charge on any atom is 0.220 e. The average molecular weight is 421 g/mol. The summed E-state index contributed by atoms with van der Waals surface area (Å²) in [6.07, 6.45) is 3.28. The van der Waals surface area contributed by atoms with Gasteiger partial charge in [-0.2, -0.15) is 0 Å². The zero-order valence-electron chi connectivity index (χ0n) is 16.3. The molecule has 6 heteroatoms. The number of carbonyl (C=O) groups excluding carboxylic acids is 1. The normalized spacial score (nSPS) is 11.9. The number of halogens is 1. The second-order valence-corrected chi connectivity index (χ2v) is 7.88. The lowest BCUT2D eigenvalue weighted by molar-refractivity contribution is -0.121. The Bertz CT molecular complexity index is 1080. The van der Waals surface area contributed by atoms with E-state index in [4.69, 9.17) is 4.42 Å². The van der Waals surface area contributed by atoms with Crippen LogP contribution in [0.3, 0.4) is 0 Å². The number of aromatic nitrogens is 1. The van der Waals surface area contributed by atoms with Gasteiger partial charge in [-0.25, -0.2) is 9.37 Å². The van der Waals surface area contributed by atoms with Crippen LogP contribution in [0.25, 0.3) is 11.3 Å². The summed E-state index contributed by atoms with van der Waals surface area (Å²) < 4.78 is 19.1. The molecule has 1 atom stereocenters. The Morgan fingerprint density at radius 3 is 2.60 bits per heavy atom. The van der Waals surface area contributed by atoms with Crippen LogP contribution < -0.4 is 5.32 Å². The molecule has 1 N–H and O–H groups in total. The molecule has 0 radical (unpaired) electrons. The number of benzene rings is 2. The number of thiophene rings is 1. The summed E-state index contributed by atoms with van der Waals surface area (Å²) in [5, 5.41) is 5.03. The van der Waals surface area contributed by atoms with E-state index in [1.54, 1.807) is 29.7 Å². The molecular weight excluding hydrogens is 399 g/mol. The van der Waals surface area contributed by atoms with Crippen molar-refractivity contribution in [1.82, 2.24) is 10.3 Å². The van der Waals surface area contributed by atoms with Crippen LogP contribution in [0, 0.1) is 5.82 Å². The highest BCUT2D eigenvalue weighted by Gasteiger charge is 2.18. The van der Waals surface area contributed by atoms with Gasteiger partial charge in [0, 0.05) is 23.3 Å². The van der Waals surface area contributed by atoms with Crippen molar-refractivity contribution < 1.29 is 13.6 Å². The number of oxazole rings is 1. The summed E-state index contributed by atoms with van der Waals surface area (Å²) in [6.45, 7) is 0. The maximum atomic E-state index is 13.3. The van der Waals surface area contributed by atoms with E-state index < -0.39 is 0 Å². The van der Waals surface area contributed by atoms with Crippen LogP contribution in [0.15, 0.2) is 82.7 Å². The molecule has 0 aliphatic heterocycles. The molecule has 0 saturated heterocycles. The number of hydrogen-bond donors (Lipinski definition) is 1. The first-order chi connectivity index (χ1) is 14.7. The van der Waals surface area contributed by atoms with E-state index in [1.165, 1.54) is 12.1 Å². The molecule has 0 spiro atoms. The van der Waals surface area contributed by atoms with Gasteiger partial charge in [-0.1, -0.05) is 48.5 Å². The Morgan fingerprint density at radius 1 is 1.07 bits per heavy atom. The van der Waals surface area contributed by atoms with Gasteiger partial charge in [0.15, 0.2) is 11.7 Å². The summed E-state index contributed by atoms with van der Waals surface area (Å²) in [4.78, 5) is 17.9. The zero-order valence-corrected chi connectivity index (χ0v) is 17.1. The minimum Gasteiger partial charge on any atom is -0.441 e. The van der Waals surface area contributed by atoms with Crippen molar-refractivity contribution in [1.29, 1.82) is 0 Å². The Labute approximate surface area is 178 Å². The molecule has 0 saturated carbocycles. The molecule has 152 valence electrons. The van der Waals surface area contributed by atoms with E-state index in [-0.39, 0.29) is 17.8 Å². The van der Waals surface area contributed by atoms with Crippen LogP contribution in [0.5, 0.6) is 0 Å². The SMILES string of the molecule is O=C(CCCc1ncc(-c2ccccc2)o1)NC(c1ccc(F)cc1)c1cccs1. The predicted molar refractivity (Wildman–Crippen MR) is 116 cm³/mol. The molecule has 4 nitrogen and oxygen atoms in total. The molecule has 0 aliphatic rings. The van der Waals surface area contributed by atoms with Gasteiger partial charge in [-0.15, -0.1) is 11.3 Å². The Hall–Kier alpha value is -3.25. The quantitative estimate of drug-likeness (QED) is 0.394. The van der Waals surface area contributed by atoms with Gasteiger partial charge in [0.2, 0.25) is 5.91 Å². The largest absolute Gasteiger partial charge is 0.441 e. The van der Waals surface area contributed by atoms with Crippen LogP contribution in [0.1, 0.15) is 35.2 Å². The van der Waals surface area contributed by atoms with Gasteiger partial charge in [-0.3, -0.25) is 4.79 Å². The Morgan fingerprint density at radius 2 is 1.87 bits per heavy atom. The topological polar surface area (TPSA) is 55.1 Å². The summed E-state index contributed by atoms with van der Waals surface area (Å²) in [6, 6.07) is 19.7. The summed E-state index contributed by atoms with van der Waals surface area (Å²) in [7, 11) is 0. The monoisotopic (exact) mass is 420 g/mol. The molecule has 1 amide bonds. The minimum absolute atomic E-state index is 0.0624. The number of nitrogens with zero attached hydrogens (tertiary/aromatic N) is 1. The van der Waals surface area contributed by atoms with E-state index in [0.717, 1.165) is 21.8 Å². The lowest BCUT2D eigenvalue weighted by Gasteiger charge is -2.18. The molecule has 4 rings (SSSR count). The third-order valence-electron chi connectivity index (χ3n) is 4.74. The van der Waals surface area contributed by atoms with Gasteiger partial charge < -0.3 is 9.73 Å². The number of aryl methyl sites for hydroxylation is 1. The van der Waals surface area contributed by atoms with E-state index in [9.17, 15) is 9.18 Å². The number of rotatable bonds is 8. The van der Waals surface area contributed by atoms with Gasteiger partial charge in [0.05, 0.1) is 12.2 Å². The summed E-state index contributed by atoms with van der Waals surface area (Å²) in [5.41, 5.74) is 1.83. The Kier molecular flexibility index (Phi) is 6.35. The van der Waals surface area contributed by atoms with Gasteiger partial charge in [0.25, 0.3) is 0 Å².